The molecule has 13 nitrogen and oxygen atoms in total. The van der Waals surface area contributed by atoms with Gasteiger partial charge in [0.15, 0.2) is 5.69 Å². The second-order valence-corrected chi connectivity index (χ2v) is 15.3. The van der Waals surface area contributed by atoms with Gasteiger partial charge in [-0.05, 0) is 84.4 Å². The summed E-state index contributed by atoms with van der Waals surface area (Å²) >= 11 is 0. The first-order valence-electron chi connectivity index (χ1n) is 17.7. The van der Waals surface area contributed by atoms with Crippen LogP contribution in [0.4, 0.5) is 33.7 Å². The Morgan fingerprint density at radius 1 is 1.12 bits per heavy atom. The van der Waals surface area contributed by atoms with E-state index >= 15 is 8.78 Å². The Morgan fingerprint density at radius 2 is 1.83 bits per heavy atom. The molecular weight excluding hydrogens is 688 g/mol. The van der Waals surface area contributed by atoms with E-state index in [1.54, 1.807) is 62.9 Å². The van der Waals surface area contributed by atoms with E-state index in [9.17, 15) is 28.0 Å². The predicted octanol–water partition coefficient (Wildman–Crippen LogP) is 5.38. The van der Waals surface area contributed by atoms with Gasteiger partial charge in [-0.25, -0.2) is 27.2 Å². The zero-order valence-corrected chi connectivity index (χ0v) is 30.0. The Labute approximate surface area is 298 Å². The normalized spacial score (nSPS) is 24.1. The molecule has 2 saturated heterocycles. The second kappa shape index (κ2) is 14.2. The summed E-state index contributed by atoms with van der Waals surface area (Å²) in [6, 6.07) is 2.99. The number of halogens is 4. The summed E-state index contributed by atoms with van der Waals surface area (Å²) in [7, 11) is 3.26. The third-order valence-corrected chi connectivity index (χ3v) is 10.4. The number of carbonyl (C=O) groups excluding carboxylic acids is 3. The summed E-state index contributed by atoms with van der Waals surface area (Å²) in [4.78, 5) is 53.3. The Hall–Kier alpha value is -4.41. The van der Waals surface area contributed by atoms with Gasteiger partial charge >= 0.3 is 11.8 Å². The minimum absolute atomic E-state index is 0.0933. The molecular formula is C35H46F4N8O5. The number of anilines is 2. The maximum absolute atomic E-state index is 16.0. The average molecular weight is 735 g/mol. The zero-order valence-electron chi connectivity index (χ0n) is 30.0. The monoisotopic (exact) mass is 734 g/mol. The van der Waals surface area contributed by atoms with Crippen LogP contribution in [-0.2, 0) is 21.4 Å². The van der Waals surface area contributed by atoms with Gasteiger partial charge in [0, 0.05) is 32.8 Å². The number of imidazole rings is 1. The van der Waals surface area contributed by atoms with Crippen molar-refractivity contribution < 1.29 is 36.7 Å². The van der Waals surface area contributed by atoms with Gasteiger partial charge in [-0.15, -0.1) is 0 Å². The van der Waals surface area contributed by atoms with E-state index in [1.165, 1.54) is 20.0 Å². The van der Waals surface area contributed by atoms with E-state index in [1.807, 2.05) is 0 Å². The standard InChI is InChI=1S/C35H46F4N8O5/c1-34(2,3)52-32(50)40-22-18-46(42-28(22)30(36)37)21-11-9-20(10-12-21)17-43(4)26-15-16-45(19-35(26,38)39)23-7-6-8-24-29(23)44(5)33(51)47(24)25-13-14-27(48)41-31(25)49/h6-8,18,20-21,25-26,30H,9-17,19H2,1-5H3,(H,40,50)(H,41,48,49)/t20-,21-,25?,26?. The van der Waals surface area contributed by atoms with Crippen LogP contribution in [0.25, 0.3) is 11.0 Å². The van der Waals surface area contributed by atoms with Gasteiger partial charge in [-0.3, -0.25) is 38.9 Å². The van der Waals surface area contributed by atoms with Gasteiger partial charge in [-0.1, -0.05) is 6.07 Å². The fourth-order valence-electron chi connectivity index (χ4n) is 7.97. The fourth-order valence-corrected chi connectivity index (χ4v) is 7.97. The Morgan fingerprint density at radius 3 is 2.46 bits per heavy atom. The first-order valence-corrected chi connectivity index (χ1v) is 17.7. The van der Waals surface area contributed by atoms with Crippen molar-refractivity contribution in [3.63, 3.8) is 0 Å². The number of hydrogen-bond acceptors (Lipinski definition) is 8. The molecule has 2 unspecified atom stereocenters. The van der Waals surface area contributed by atoms with E-state index in [4.69, 9.17) is 4.74 Å². The molecule has 0 bridgehead atoms. The van der Waals surface area contributed by atoms with Crippen molar-refractivity contribution in [2.24, 2.45) is 13.0 Å². The summed E-state index contributed by atoms with van der Waals surface area (Å²) in [6.07, 6.45) is 0.704. The van der Waals surface area contributed by atoms with Crippen LogP contribution in [-0.4, -0.2) is 86.0 Å². The van der Waals surface area contributed by atoms with Crippen LogP contribution in [0.2, 0.25) is 0 Å². The van der Waals surface area contributed by atoms with Gasteiger partial charge in [0.05, 0.1) is 41.0 Å². The number of piperidine rings is 2. The topological polar surface area (TPSA) is 136 Å². The SMILES string of the molecule is CN(C[C@H]1CC[C@H](n2cc(NC(=O)OC(C)(C)C)c(C(F)F)n2)CC1)C1CCN(c2cccc3c2n(C)c(=O)n3C2CCC(=O)NC2=O)CC1(F)F. The number of alkyl halides is 4. The highest BCUT2D eigenvalue weighted by atomic mass is 19.3. The first-order chi connectivity index (χ1) is 24.4. The highest BCUT2D eigenvalue weighted by molar-refractivity contribution is 6.00. The number of aromatic nitrogens is 4. The minimum Gasteiger partial charge on any atom is -0.444 e. The van der Waals surface area contributed by atoms with E-state index < -0.39 is 65.9 Å². The van der Waals surface area contributed by atoms with Crippen molar-refractivity contribution in [1.29, 1.82) is 0 Å². The molecule has 284 valence electrons. The largest absolute Gasteiger partial charge is 0.444 e. The van der Waals surface area contributed by atoms with Crippen molar-refractivity contribution in [3.8, 4) is 0 Å². The van der Waals surface area contributed by atoms with Gasteiger partial charge < -0.3 is 9.64 Å². The second-order valence-electron chi connectivity index (χ2n) is 15.3. The smallest absolute Gasteiger partial charge is 0.412 e. The quantitative estimate of drug-likeness (QED) is 0.233. The highest BCUT2D eigenvalue weighted by Gasteiger charge is 2.47. The summed E-state index contributed by atoms with van der Waals surface area (Å²) in [5.74, 6) is -3.93. The molecule has 0 spiro atoms. The van der Waals surface area contributed by atoms with Crippen LogP contribution in [0, 0.1) is 5.92 Å². The molecule has 1 aromatic carbocycles. The van der Waals surface area contributed by atoms with Crippen molar-refractivity contribution >= 4 is 40.3 Å². The van der Waals surface area contributed by atoms with Crippen LogP contribution >= 0.6 is 0 Å². The van der Waals surface area contributed by atoms with E-state index in [-0.39, 0.29) is 36.9 Å². The van der Waals surface area contributed by atoms with E-state index in [2.05, 4.69) is 15.7 Å². The molecule has 2 aliphatic heterocycles. The molecule has 3 amide bonds. The van der Waals surface area contributed by atoms with Gasteiger partial charge in [-0.2, -0.15) is 5.10 Å². The van der Waals surface area contributed by atoms with Crippen LogP contribution in [0.15, 0.2) is 29.2 Å². The molecule has 2 aromatic heterocycles. The molecule has 1 aliphatic carbocycles. The Bertz CT molecular complexity index is 1890. The zero-order chi connectivity index (χ0) is 37.7. The number of ether oxygens (including phenoxy) is 1. The van der Waals surface area contributed by atoms with Crippen molar-refractivity contribution in [1.82, 2.24) is 29.1 Å². The van der Waals surface area contributed by atoms with Crippen LogP contribution in [0.5, 0.6) is 0 Å². The lowest BCUT2D eigenvalue weighted by molar-refractivity contribution is -0.135. The maximum Gasteiger partial charge on any atom is 0.412 e. The number of amides is 3. The lowest BCUT2D eigenvalue weighted by atomic mass is 9.85. The number of hydrogen-bond donors (Lipinski definition) is 2. The number of rotatable bonds is 8. The van der Waals surface area contributed by atoms with Crippen molar-refractivity contribution in [3.05, 3.63) is 40.6 Å². The van der Waals surface area contributed by atoms with Crippen LogP contribution in [0.1, 0.15) is 89.9 Å². The highest BCUT2D eigenvalue weighted by Crippen LogP contribution is 2.39. The molecule has 17 heteroatoms. The number of nitrogens with one attached hydrogen (secondary N) is 2. The van der Waals surface area contributed by atoms with Crippen LogP contribution < -0.4 is 21.2 Å². The predicted molar refractivity (Wildman–Crippen MR) is 185 cm³/mol. The van der Waals surface area contributed by atoms with Crippen LogP contribution in [0.3, 0.4) is 0 Å². The molecule has 6 rings (SSSR count). The molecule has 1 saturated carbocycles. The van der Waals surface area contributed by atoms with Crippen molar-refractivity contribution in [2.75, 3.05) is 36.9 Å². The van der Waals surface area contributed by atoms with Crippen molar-refractivity contribution in [2.45, 2.75) is 102 Å². The Kier molecular flexibility index (Phi) is 10.2. The number of fused-ring (bicyclic) bond motifs is 1. The third-order valence-electron chi connectivity index (χ3n) is 10.4. The number of para-hydroxylation sites is 1. The molecule has 3 fully saturated rings. The summed E-state index contributed by atoms with van der Waals surface area (Å²) < 4.78 is 68.9. The molecule has 3 aliphatic rings. The summed E-state index contributed by atoms with van der Waals surface area (Å²) in [6.45, 7) is 5.21. The molecule has 4 heterocycles. The minimum atomic E-state index is -3.09. The number of carbonyl (C=O) groups is 3. The number of imide groups is 1. The van der Waals surface area contributed by atoms with E-state index in [0.29, 0.717) is 55.5 Å². The lowest BCUT2D eigenvalue weighted by Crippen LogP contribution is -2.58. The number of aryl methyl sites for hydroxylation is 1. The average Bonchev–Trinajstić information content (AvgIpc) is 3.58. The molecule has 2 N–H and O–H groups in total. The first kappa shape index (κ1) is 37.4. The molecule has 3 aromatic rings. The lowest BCUT2D eigenvalue weighted by Gasteiger charge is -2.44. The van der Waals surface area contributed by atoms with Gasteiger partial charge in [0.1, 0.15) is 11.6 Å². The number of nitrogens with zero attached hydrogens (tertiary/aromatic N) is 6. The fraction of sp³-hybridized carbons (Fsp3) is 0.629. The summed E-state index contributed by atoms with van der Waals surface area (Å²) in [5, 5.41) is 8.75. The molecule has 52 heavy (non-hydrogen) atoms. The molecule has 2 atom stereocenters. The maximum atomic E-state index is 16.0. The van der Waals surface area contributed by atoms with Gasteiger partial charge in [0.2, 0.25) is 11.8 Å². The summed E-state index contributed by atoms with van der Waals surface area (Å²) in [5.41, 5.74) is -0.553. The van der Waals surface area contributed by atoms with Gasteiger partial charge in [0.25, 0.3) is 12.3 Å². The molecule has 0 radical (unpaired) electrons. The number of benzene rings is 1. The third kappa shape index (κ3) is 7.55. The Balaban J connectivity index is 1.09. The van der Waals surface area contributed by atoms with E-state index in [0.717, 1.165) is 0 Å².